The minimum Gasteiger partial charge on any atom is -0.394 e. The molecular formula is C48H81NO35. The van der Waals surface area contributed by atoms with Crippen LogP contribution >= 0.6 is 0 Å². The Balaban J connectivity index is 1.01. The monoisotopic (exact) mass is 1230 g/mol. The molecule has 37 atom stereocenters. The van der Waals surface area contributed by atoms with Gasteiger partial charge in [0.15, 0.2) is 44.0 Å². The zero-order valence-electron chi connectivity index (χ0n) is 44.7. The number of aliphatic hydroxyl groups excluding tert-OH is 21. The molecule has 22 fully saturated rings. The van der Waals surface area contributed by atoms with Crippen LogP contribution in [0.4, 0.5) is 0 Å². The van der Waals surface area contributed by atoms with E-state index < -0.39 is 267 Å². The lowest BCUT2D eigenvalue weighted by atomic mass is 9.91. The van der Waals surface area contributed by atoms with Gasteiger partial charge in [-0.05, 0) is 12.8 Å². The van der Waals surface area contributed by atoms with Crippen molar-refractivity contribution in [3.05, 3.63) is 0 Å². The summed E-state index contributed by atoms with van der Waals surface area (Å²) >= 11 is 0. The second kappa shape index (κ2) is 28.8. The number of hydrogen-bond donors (Lipinski definition) is 22. The van der Waals surface area contributed by atoms with Crippen molar-refractivity contribution in [3.8, 4) is 0 Å². The van der Waals surface area contributed by atoms with Gasteiger partial charge in [0.05, 0.1) is 45.7 Å². The molecule has 0 radical (unpaired) electrons. The normalized spacial score (nSPS) is 54.6. The number of aliphatic hydroxyl groups is 21. The van der Waals surface area contributed by atoms with Crippen LogP contribution in [0.3, 0.4) is 0 Å². The van der Waals surface area contributed by atoms with Crippen molar-refractivity contribution in [2.45, 2.75) is 253 Å². The molecule has 14 bridgehead atoms. The van der Waals surface area contributed by atoms with E-state index in [0.717, 1.165) is 0 Å². The Morgan fingerprint density at radius 2 is 0.429 bits per heavy atom. The third kappa shape index (κ3) is 13.5. The van der Waals surface area contributed by atoms with Crippen LogP contribution < -0.4 is 5.32 Å². The maximum atomic E-state index is 11.8. The predicted molar refractivity (Wildman–Crippen MR) is 258 cm³/mol. The van der Waals surface area contributed by atoms with E-state index in [1.165, 1.54) is 0 Å². The molecule has 21 heterocycles. The van der Waals surface area contributed by atoms with Gasteiger partial charge in [-0.15, -0.1) is 0 Å². The van der Waals surface area contributed by atoms with Crippen molar-refractivity contribution in [1.82, 2.24) is 5.32 Å². The van der Waals surface area contributed by atoms with E-state index in [1.54, 1.807) is 0 Å². The first-order valence-corrected chi connectivity index (χ1v) is 27.9. The van der Waals surface area contributed by atoms with Crippen molar-refractivity contribution < 1.29 is 174 Å². The molecule has 84 heavy (non-hydrogen) atoms. The van der Waals surface area contributed by atoms with Gasteiger partial charge >= 0.3 is 0 Å². The second-order valence-corrected chi connectivity index (χ2v) is 22.3. The first kappa shape index (κ1) is 67.0. The highest BCUT2D eigenvalue weighted by molar-refractivity contribution is 5.02. The average molecular weight is 1230 g/mol. The van der Waals surface area contributed by atoms with Crippen molar-refractivity contribution >= 4 is 0 Å². The van der Waals surface area contributed by atoms with Gasteiger partial charge in [0.2, 0.25) is 0 Å². The molecule has 21 saturated heterocycles. The summed E-state index contributed by atoms with van der Waals surface area (Å²) in [5, 5.41) is 237. The van der Waals surface area contributed by atoms with Gasteiger partial charge in [-0.2, -0.15) is 0 Å². The molecule has 0 aromatic carbocycles. The third-order valence-electron chi connectivity index (χ3n) is 16.9. The Hall–Kier alpha value is -1.44. The van der Waals surface area contributed by atoms with E-state index in [0.29, 0.717) is 25.7 Å². The lowest BCUT2D eigenvalue weighted by Crippen LogP contribution is -2.68. The standard InChI is InChI=1S/C48H81NO35/c50-6-15-36-23(59)30(66)44(73-15)81-38-17(8-52)75-46(32(68)25(38)61)83-40-19(10-54)77-48(34(70)27(40)63)84-41-20(11-55)76-47(33(69)26(41)62)82-39-18(9-53)74-45(31(67)24(39)60)80-37-16(7-51)72-43(29(65)22(37)58)78-35-14(71-42(79-36)28(64)21(35)57)5-49-12-3-1-2-4-13(12)56/h12-70H,1-11H2/t12?,13?,14-,15-,16-,17-,18-,19-,20-,21-,22-,23-,24-,25-,26-,27-,28-,29-,30-,31-,32-,33-,34-,35-,36-,37-,38-,39-,40-,41-,42-,43-,44-,45-,46-,47-,48-/m1/s1. The summed E-state index contributed by atoms with van der Waals surface area (Å²) in [4.78, 5) is 0. The van der Waals surface area contributed by atoms with Crippen LogP contribution in [0.25, 0.3) is 0 Å². The number of nitrogens with one attached hydrogen (secondary N) is 1. The summed E-state index contributed by atoms with van der Waals surface area (Å²) in [5.41, 5.74) is 0. The predicted octanol–water partition coefficient (Wildman–Crippen LogP) is -14.3. The maximum Gasteiger partial charge on any atom is 0.187 e. The van der Waals surface area contributed by atoms with Crippen LogP contribution in [0, 0.1) is 0 Å². The fraction of sp³-hybridized carbons (Fsp3) is 1.00. The molecule has 21 aliphatic heterocycles. The minimum atomic E-state index is -2.21. The number of ether oxygens (including phenoxy) is 14. The topological polar surface area (TPSA) is 566 Å². The zero-order valence-corrected chi connectivity index (χ0v) is 44.7. The molecule has 0 amide bonds. The Morgan fingerprint density at radius 3 is 0.631 bits per heavy atom. The summed E-state index contributed by atoms with van der Waals surface area (Å²) in [6, 6.07) is -0.548. The lowest BCUT2D eigenvalue weighted by molar-refractivity contribution is -0.396. The van der Waals surface area contributed by atoms with Crippen LogP contribution in [0.1, 0.15) is 25.7 Å². The fourth-order valence-electron chi connectivity index (χ4n) is 12.0. The largest absolute Gasteiger partial charge is 0.394 e. The van der Waals surface area contributed by atoms with Crippen LogP contribution in [-0.4, -0.2) is 381 Å². The molecule has 0 aromatic rings. The van der Waals surface area contributed by atoms with E-state index in [4.69, 9.17) is 66.3 Å². The van der Waals surface area contributed by atoms with Crippen LogP contribution in [-0.2, 0) is 66.3 Å². The smallest absolute Gasteiger partial charge is 0.187 e. The van der Waals surface area contributed by atoms with E-state index in [1.807, 2.05) is 0 Å². The van der Waals surface area contributed by atoms with Crippen molar-refractivity contribution in [2.24, 2.45) is 0 Å². The van der Waals surface area contributed by atoms with Crippen LogP contribution in [0.15, 0.2) is 0 Å². The van der Waals surface area contributed by atoms with Gasteiger partial charge in [0, 0.05) is 12.6 Å². The summed E-state index contributed by atoms with van der Waals surface area (Å²) in [6.45, 7) is -6.56. The molecule has 36 nitrogen and oxygen atoms in total. The van der Waals surface area contributed by atoms with Gasteiger partial charge < -0.3 is 179 Å². The average Bonchev–Trinajstić information content (AvgIpc) is 3.56. The van der Waals surface area contributed by atoms with E-state index in [-0.39, 0.29) is 6.54 Å². The lowest BCUT2D eigenvalue weighted by Gasteiger charge is -2.50. The molecule has 22 rings (SSSR count). The first-order chi connectivity index (χ1) is 40.1. The quantitative estimate of drug-likeness (QED) is 0.102. The van der Waals surface area contributed by atoms with Crippen LogP contribution in [0.2, 0.25) is 0 Å². The molecule has 0 spiro atoms. The van der Waals surface area contributed by atoms with Gasteiger partial charge in [-0.1, -0.05) is 12.8 Å². The van der Waals surface area contributed by atoms with Gasteiger partial charge in [-0.25, -0.2) is 0 Å². The summed E-state index contributed by atoms with van der Waals surface area (Å²) < 4.78 is 81.3. The van der Waals surface area contributed by atoms with Crippen LogP contribution in [0.5, 0.6) is 0 Å². The molecule has 0 aromatic heterocycles. The molecular weight excluding hydrogens is 1150 g/mol. The highest BCUT2D eigenvalue weighted by Crippen LogP contribution is 2.39. The van der Waals surface area contributed by atoms with Crippen molar-refractivity contribution in [1.29, 1.82) is 0 Å². The van der Waals surface area contributed by atoms with E-state index in [2.05, 4.69) is 5.32 Å². The summed E-state index contributed by atoms with van der Waals surface area (Å²) in [5.74, 6) is 0. The summed E-state index contributed by atoms with van der Waals surface area (Å²) in [7, 11) is 0. The highest BCUT2D eigenvalue weighted by Gasteiger charge is 2.59. The Bertz CT molecular complexity index is 2020. The second-order valence-electron chi connectivity index (χ2n) is 22.3. The Labute approximate surface area is 477 Å². The molecule has 1 saturated carbocycles. The Kier molecular flexibility index (Phi) is 23.0. The van der Waals surface area contributed by atoms with Crippen molar-refractivity contribution in [3.63, 3.8) is 0 Å². The SMILES string of the molecule is OC[C@H]1O[C@@H]2O[C@H]3[C@H](O)[C@@H](O)[C@@H](O[C@H]4[C@H](O)[C@@H](O)[C@@H](O[C@H]5[C@H](O)[C@@H](O)[C@@H](O[C@H]6[C@H](O)[C@@H](O)[C@@H](O[C@H]7[C@H](O)[C@@H](O)[C@@H](O[C@H]8[C@H](O)[C@@H](O)[C@@H](O[C@H]1[C@H](O)[C@H]2O)O[C@@H]8CO)O[C@@H]7CO)O[C@@H]6CO)O[C@@H]5CNC1CCCCC1O)O[C@@H]4CO)O[C@@H]3CO. The molecule has 488 valence electrons. The number of hydrogen-bond acceptors (Lipinski definition) is 36. The molecule has 22 N–H and O–H groups in total. The fourth-order valence-corrected chi connectivity index (χ4v) is 12.0. The third-order valence-corrected chi connectivity index (χ3v) is 16.9. The van der Waals surface area contributed by atoms with Gasteiger partial charge in [0.25, 0.3) is 0 Å². The van der Waals surface area contributed by atoms with E-state index >= 15 is 0 Å². The molecule has 2 unspecified atom stereocenters. The Morgan fingerprint density at radius 1 is 0.238 bits per heavy atom. The summed E-state index contributed by atoms with van der Waals surface area (Å²) in [6.07, 6.45) is -68.2. The van der Waals surface area contributed by atoms with Gasteiger partial charge in [-0.3, -0.25) is 0 Å². The molecule has 36 heteroatoms. The first-order valence-electron chi connectivity index (χ1n) is 27.9. The van der Waals surface area contributed by atoms with Crippen molar-refractivity contribution in [2.75, 3.05) is 46.2 Å². The molecule has 1 aliphatic carbocycles. The maximum absolute atomic E-state index is 11.8. The number of rotatable bonds is 9. The molecule has 22 aliphatic rings. The van der Waals surface area contributed by atoms with Gasteiger partial charge in [0.1, 0.15) is 171 Å². The highest BCUT2D eigenvalue weighted by atomic mass is 16.8. The van der Waals surface area contributed by atoms with E-state index in [9.17, 15) is 107 Å². The minimum absolute atomic E-state index is 0.323. The zero-order chi connectivity index (χ0) is 60.7.